The molecule has 0 radical (unpaired) electrons. The predicted molar refractivity (Wildman–Crippen MR) is 138 cm³/mol. The molecule has 4 aromatic rings. The number of carbonyl (C=O) groups excluding carboxylic acids is 2. The standard InChI is InChI=1S/C27H20FN3O3S2/c1-16-7-11-18(12-8-16)22-21(23(32)19-5-3-2-4-6-19)24(33)25(34)31(22)26-29-30-27(36-26)35-15-17-9-13-20(28)14-10-17/h2-14,22,32H,15H2,1H3/b23-21-. The number of aryl methyl sites for hydroxylation is 1. The summed E-state index contributed by atoms with van der Waals surface area (Å²) in [7, 11) is 0. The maximum atomic E-state index is 13.3. The molecule has 0 spiro atoms. The Labute approximate surface area is 215 Å². The largest absolute Gasteiger partial charge is 0.507 e. The number of amides is 1. The van der Waals surface area contributed by atoms with Crippen molar-refractivity contribution in [2.45, 2.75) is 23.1 Å². The number of benzene rings is 3. The molecule has 6 nitrogen and oxygen atoms in total. The Balaban J connectivity index is 1.52. The van der Waals surface area contributed by atoms with E-state index in [1.807, 2.05) is 31.2 Å². The highest BCUT2D eigenvalue weighted by atomic mass is 32.2. The first-order valence-electron chi connectivity index (χ1n) is 11.1. The second-order valence-electron chi connectivity index (χ2n) is 8.21. The molecule has 0 aliphatic carbocycles. The molecule has 1 aromatic heterocycles. The zero-order chi connectivity index (χ0) is 25.2. The third-order valence-electron chi connectivity index (χ3n) is 5.76. The lowest BCUT2D eigenvalue weighted by Gasteiger charge is -2.22. The fourth-order valence-electron chi connectivity index (χ4n) is 3.93. The summed E-state index contributed by atoms with van der Waals surface area (Å²) in [6.45, 7) is 1.94. The number of carbonyl (C=O) groups is 2. The molecule has 1 unspecified atom stereocenters. The zero-order valence-corrected chi connectivity index (χ0v) is 20.7. The smallest absolute Gasteiger partial charge is 0.301 e. The number of anilines is 1. The Bertz CT molecular complexity index is 1450. The van der Waals surface area contributed by atoms with Crippen LogP contribution in [0.25, 0.3) is 5.76 Å². The zero-order valence-electron chi connectivity index (χ0n) is 19.1. The highest BCUT2D eigenvalue weighted by Crippen LogP contribution is 2.44. The average Bonchev–Trinajstić information content (AvgIpc) is 3.46. The highest BCUT2D eigenvalue weighted by molar-refractivity contribution is 8.00. The average molecular weight is 518 g/mol. The van der Waals surface area contributed by atoms with Gasteiger partial charge in [-0.25, -0.2) is 4.39 Å². The molecule has 1 atom stereocenters. The van der Waals surface area contributed by atoms with Crippen molar-refractivity contribution in [1.29, 1.82) is 0 Å². The van der Waals surface area contributed by atoms with Crippen LogP contribution in [0.2, 0.25) is 0 Å². The summed E-state index contributed by atoms with van der Waals surface area (Å²) < 4.78 is 13.8. The first-order valence-corrected chi connectivity index (χ1v) is 12.9. The van der Waals surface area contributed by atoms with E-state index < -0.39 is 17.7 Å². The SMILES string of the molecule is Cc1ccc(C2/C(=C(/O)c3ccccc3)C(=O)C(=O)N2c2nnc(SCc3ccc(F)cc3)s2)cc1. The van der Waals surface area contributed by atoms with Crippen LogP contribution in [0.3, 0.4) is 0 Å². The van der Waals surface area contributed by atoms with E-state index in [1.165, 1.54) is 40.1 Å². The van der Waals surface area contributed by atoms with Crippen LogP contribution in [0.4, 0.5) is 9.52 Å². The maximum absolute atomic E-state index is 13.3. The third kappa shape index (κ3) is 4.67. The predicted octanol–water partition coefficient (Wildman–Crippen LogP) is 5.90. The van der Waals surface area contributed by atoms with Gasteiger partial charge in [-0.2, -0.15) is 0 Å². The molecule has 2 heterocycles. The van der Waals surface area contributed by atoms with Crippen LogP contribution in [0.5, 0.6) is 0 Å². The first-order chi connectivity index (χ1) is 17.4. The van der Waals surface area contributed by atoms with Gasteiger partial charge in [0.05, 0.1) is 11.6 Å². The molecule has 1 aliphatic rings. The Kier molecular flexibility index (Phi) is 6.67. The number of hydrogen-bond acceptors (Lipinski definition) is 7. The number of thioether (sulfide) groups is 1. The van der Waals surface area contributed by atoms with Gasteiger partial charge in [0.15, 0.2) is 4.34 Å². The monoisotopic (exact) mass is 517 g/mol. The molecule has 1 fully saturated rings. The first kappa shape index (κ1) is 23.9. The normalized spacial score (nSPS) is 17.1. The molecule has 1 amide bonds. The number of aliphatic hydroxyl groups excluding tert-OH is 1. The van der Waals surface area contributed by atoms with Crippen LogP contribution < -0.4 is 4.90 Å². The molecular formula is C27H20FN3O3S2. The quantitative estimate of drug-likeness (QED) is 0.113. The van der Waals surface area contributed by atoms with Gasteiger partial charge in [-0.1, -0.05) is 95.4 Å². The Morgan fingerprint density at radius 1 is 1.00 bits per heavy atom. The van der Waals surface area contributed by atoms with Crippen LogP contribution in [-0.2, 0) is 15.3 Å². The summed E-state index contributed by atoms with van der Waals surface area (Å²) >= 11 is 2.59. The van der Waals surface area contributed by atoms with E-state index in [0.29, 0.717) is 21.2 Å². The number of ketones is 1. The maximum Gasteiger partial charge on any atom is 0.301 e. The van der Waals surface area contributed by atoms with Crippen LogP contribution in [-0.4, -0.2) is 27.0 Å². The van der Waals surface area contributed by atoms with Gasteiger partial charge in [0.2, 0.25) is 5.13 Å². The van der Waals surface area contributed by atoms with E-state index in [-0.39, 0.29) is 22.3 Å². The molecule has 0 bridgehead atoms. The van der Waals surface area contributed by atoms with Crippen molar-refractivity contribution in [3.8, 4) is 0 Å². The number of aliphatic hydroxyl groups is 1. The van der Waals surface area contributed by atoms with Gasteiger partial charge in [0, 0.05) is 11.3 Å². The molecule has 180 valence electrons. The summed E-state index contributed by atoms with van der Waals surface area (Å²) in [5.74, 6) is -1.55. The molecule has 1 saturated heterocycles. The lowest BCUT2D eigenvalue weighted by Crippen LogP contribution is -2.29. The third-order valence-corrected chi connectivity index (χ3v) is 7.89. The van der Waals surface area contributed by atoms with E-state index in [9.17, 15) is 19.1 Å². The summed E-state index contributed by atoms with van der Waals surface area (Å²) in [5, 5.41) is 19.8. The van der Waals surface area contributed by atoms with Gasteiger partial charge in [-0.15, -0.1) is 10.2 Å². The molecular weight excluding hydrogens is 497 g/mol. The van der Waals surface area contributed by atoms with E-state index in [4.69, 9.17) is 0 Å². The Morgan fingerprint density at radius 2 is 1.69 bits per heavy atom. The Hall–Kier alpha value is -3.82. The minimum atomic E-state index is -0.853. The number of Topliss-reactive ketones (excluding diaryl/α,β-unsaturated/α-hetero) is 1. The van der Waals surface area contributed by atoms with E-state index in [1.54, 1.807) is 42.5 Å². The van der Waals surface area contributed by atoms with Gasteiger partial charge in [-0.3, -0.25) is 14.5 Å². The van der Waals surface area contributed by atoms with Crippen molar-refractivity contribution in [3.63, 3.8) is 0 Å². The van der Waals surface area contributed by atoms with Gasteiger partial charge in [0.25, 0.3) is 5.78 Å². The van der Waals surface area contributed by atoms with Gasteiger partial charge in [0.1, 0.15) is 11.6 Å². The van der Waals surface area contributed by atoms with Crippen molar-refractivity contribution < 1.29 is 19.1 Å². The van der Waals surface area contributed by atoms with Crippen LogP contribution >= 0.6 is 23.1 Å². The molecule has 5 rings (SSSR count). The summed E-state index contributed by atoms with van der Waals surface area (Å²) in [6, 6.07) is 21.5. The van der Waals surface area contributed by atoms with Crippen LogP contribution in [0.15, 0.2) is 88.8 Å². The summed E-state index contributed by atoms with van der Waals surface area (Å²) in [4.78, 5) is 27.8. The minimum absolute atomic E-state index is 0.00534. The minimum Gasteiger partial charge on any atom is -0.507 e. The molecule has 1 N–H and O–H groups in total. The van der Waals surface area contributed by atoms with Gasteiger partial charge < -0.3 is 5.11 Å². The van der Waals surface area contributed by atoms with Gasteiger partial charge in [-0.05, 0) is 30.2 Å². The second kappa shape index (κ2) is 10.0. The fourth-order valence-corrected chi connectivity index (χ4v) is 5.75. The number of hydrogen-bond donors (Lipinski definition) is 1. The van der Waals surface area contributed by atoms with E-state index in [2.05, 4.69) is 10.2 Å². The highest BCUT2D eigenvalue weighted by Gasteiger charge is 2.48. The lowest BCUT2D eigenvalue weighted by atomic mass is 9.95. The van der Waals surface area contributed by atoms with Crippen molar-refractivity contribution in [1.82, 2.24) is 10.2 Å². The number of halogens is 1. The number of rotatable bonds is 6. The summed E-state index contributed by atoms with van der Waals surface area (Å²) in [6.07, 6.45) is 0. The molecule has 3 aromatic carbocycles. The van der Waals surface area contributed by atoms with Crippen molar-refractivity contribution >= 4 is 45.7 Å². The van der Waals surface area contributed by atoms with Crippen molar-refractivity contribution in [2.75, 3.05) is 4.90 Å². The summed E-state index contributed by atoms with van der Waals surface area (Å²) in [5.41, 5.74) is 3.06. The fraction of sp³-hybridized carbons (Fsp3) is 0.111. The topological polar surface area (TPSA) is 83.4 Å². The molecule has 1 aliphatic heterocycles. The lowest BCUT2D eigenvalue weighted by molar-refractivity contribution is -0.132. The number of aromatic nitrogens is 2. The molecule has 36 heavy (non-hydrogen) atoms. The van der Waals surface area contributed by atoms with Crippen molar-refractivity contribution in [2.24, 2.45) is 0 Å². The number of nitrogens with zero attached hydrogens (tertiary/aromatic N) is 3. The van der Waals surface area contributed by atoms with E-state index in [0.717, 1.165) is 11.1 Å². The van der Waals surface area contributed by atoms with E-state index >= 15 is 0 Å². The van der Waals surface area contributed by atoms with Crippen molar-refractivity contribution in [3.05, 3.63) is 113 Å². The Morgan fingerprint density at radius 3 is 2.39 bits per heavy atom. The second-order valence-corrected chi connectivity index (χ2v) is 10.4. The van der Waals surface area contributed by atoms with Gasteiger partial charge >= 0.3 is 5.91 Å². The molecule has 0 saturated carbocycles. The van der Waals surface area contributed by atoms with Crippen LogP contribution in [0.1, 0.15) is 28.3 Å². The molecule has 9 heteroatoms. The van der Waals surface area contributed by atoms with Crippen LogP contribution in [0, 0.1) is 12.7 Å².